The zero-order chi connectivity index (χ0) is 14.5. The minimum Gasteiger partial charge on any atom is -0.496 e. The van der Waals surface area contributed by atoms with Crippen LogP contribution in [-0.4, -0.2) is 19.1 Å². The Morgan fingerprint density at radius 3 is 2.15 bits per heavy atom. The Morgan fingerprint density at radius 1 is 1.00 bits per heavy atom. The molecule has 20 heavy (non-hydrogen) atoms. The monoisotopic (exact) mass is 273 g/mol. The predicted octanol–water partition coefficient (Wildman–Crippen LogP) is 3.20. The molecule has 104 valence electrons. The fourth-order valence-corrected chi connectivity index (χ4v) is 2.13. The van der Waals surface area contributed by atoms with Crippen LogP contribution in [0.25, 0.3) is 0 Å². The molecule has 0 N–H and O–H groups in total. The van der Waals surface area contributed by atoms with Gasteiger partial charge in [-0.2, -0.15) is 0 Å². The summed E-state index contributed by atoms with van der Waals surface area (Å²) < 4.78 is 10.6. The normalized spacial score (nSPS) is 10.1. The lowest BCUT2D eigenvalue weighted by Crippen LogP contribution is -2.00. The minimum absolute atomic E-state index is 0.0976. The van der Waals surface area contributed by atoms with Crippen LogP contribution in [0.3, 0.4) is 0 Å². The second kappa shape index (κ2) is 6.06. The molecule has 0 atom stereocenters. The van der Waals surface area contributed by atoms with Crippen LogP contribution in [0.15, 0.2) is 42.5 Å². The third-order valence-electron chi connectivity index (χ3n) is 3.09. The number of rotatable bonds is 5. The fraction of sp³-hybridized carbons (Fsp3) is 0.200. The van der Waals surface area contributed by atoms with Gasteiger partial charge in [0.2, 0.25) is 0 Å². The average Bonchev–Trinajstić information content (AvgIpc) is 2.47. The van der Waals surface area contributed by atoms with Gasteiger partial charge in [-0.3, -0.25) is 10.1 Å². The number of nitrogens with zero attached hydrogens (tertiary/aromatic N) is 1. The molecular weight excluding hydrogens is 258 g/mol. The van der Waals surface area contributed by atoms with Gasteiger partial charge < -0.3 is 9.47 Å². The van der Waals surface area contributed by atoms with Gasteiger partial charge in [-0.05, 0) is 12.1 Å². The largest absolute Gasteiger partial charge is 0.496 e. The lowest BCUT2D eigenvalue weighted by Gasteiger charge is -2.13. The van der Waals surface area contributed by atoms with E-state index in [1.807, 2.05) is 18.2 Å². The molecule has 0 saturated heterocycles. The van der Waals surface area contributed by atoms with E-state index >= 15 is 0 Å². The Bertz CT molecular complexity index is 603. The van der Waals surface area contributed by atoms with Gasteiger partial charge in [0.1, 0.15) is 11.5 Å². The van der Waals surface area contributed by atoms with Gasteiger partial charge in [-0.15, -0.1) is 0 Å². The molecule has 0 spiro atoms. The third-order valence-corrected chi connectivity index (χ3v) is 3.09. The van der Waals surface area contributed by atoms with E-state index in [4.69, 9.17) is 9.47 Å². The van der Waals surface area contributed by atoms with Crippen molar-refractivity contribution >= 4 is 5.69 Å². The van der Waals surface area contributed by atoms with E-state index in [2.05, 4.69) is 0 Å². The maximum Gasteiger partial charge on any atom is 0.272 e. The number of ether oxygens (including phenoxy) is 2. The molecule has 0 aliphatic heterocycles. The zero-order valence-corrected chi connectivity index (χ0v) is 11.3. The van der Waals surface area contributed by atoms with Gasteiger partial charge >= 0.3 is 0 Å². The van der Waals surface area contributed by atoms with Crippen molar-refractivity contribution in [3.05, 3.63) is 63.7 Å². The lowest BCUT2D eigenvalue weighted by molar-refractivity contribution is -0.385. The van der Waals surface area contributed by atoms with Gasteiger partial charge in [-0.25, -0.2) is 0 Å². The van der Waals surface area contributed by atoms with Crippen molar-refractivity contribution in [3.63, 3.8) is 0 Å². The van der Waals surface area contributed by atoms with Gasteiger partial charge in [0, 0.05) is 23.6 Å². The number of para-hydroxylation sites is 1. The van der Waals surface area contributed by atoms with Gasteiger partial charge in [0.15, 0.2) is 0 Å². The van der Waals surface area contributed by atoms with Crippen molar-refractivity contribution in [2.45, 2.75) is 6.42 Å². The highest BCUT2D eigenvalue weighted by Crippen LogP contribution is 2.32. The van der Waals surface area contributed by atoms with Crippen LogP contribution >= 0.6 is 0 Å². The molecule has 0 heterocycles. The smallest absolute Gasteiger partial charge is 0.272 e. The molecule has 0 unspecified atom stereocenters. The molecule has 0 saturated carbocycles. The Kier molecular flexibility index (Phi) is 4.20. The van der Waals surface area contributed by atoms with Crippen LogP contribution in [0.5, 0.6) is 11.5 Å². The highest BCUT2D eigenvalue weighted by Gasteiger charge is 2.17. The Labute approximate surface area is 116 Å². The third kappa shape index (κ3) is 2.71. The highest BCUT2D eigenvalue weighted by molar-refractivity contribution is 5.51. The quantitative estimate of drug-likeness (QED) is 0.620. The molecule has 5 nitrogen and oxygen atoms in total. The van der Waals surface area contributed by atoms with Crippen LogP contribution in [0.1, 0.15) is 11.1 Å². The summed E-state index contributed by atoms with van der Waals surface area (Å²) in [5.41, 5.74) is 1.52. The van der Waals surface area contributed by atoms with E-state index in [1.54, 1.807) is 32.4 Å². The van der Waals surface area contributed by atoms with E-state index in [0.717, 1.165) is 5.56 Å². The van der Waals surface area contributed by atoms with E-state index in [1.165, 1.54) is 6.07 Å². The van der Waals surface area contributed by atoms with Crippen molar-refractivity contribution in [1.82, 2.24) is 0 Å². The number of benzene rings is 2. The van der Waals surface area contributed by atoms with E-state index < -0.39 is 0 Å². The average molecular weight is 273 g/mol. The number of methoxy groups -OCH3 is 2. The maximum atomic E-state index is 11.1. The van der Waals surface area contributed by atoms with Gasteiger partial charge in [0.25, 0.3) is 5.69 Å². The molecule has 0 aliphatic carbocycles. The molecular formula is C15H15NO4. The summed E-state index contributed by atoms with van der Waals surface area (Å²) >= 11 is 0. The van der Waals surface area contributed by atoms with Crippen LogP contribution < -0.4 is 9.47 Å². The molecule has 2 aromatic carbocycles. The summed E-state index contributed by atoms with van der Waals surface area (Å²) in [6.07, 6.45) is 0.379. The molecule has 5 heteroatoms. The molecule has 0 aliphatic rings. The van der Waals surface area contributed by atoms with E-state index in [0.29, 0.717) is 23.5 Å². The molecule has 0 fully saturated rings. The molecule has 0 bridgehead atoms. The van der Waals surface area contributed by atoms with Crippen LogP contribution in [0, 0.1) is 10.1 Å². The summed E-state index contributed by atoms with van der Waals surface area (Å²) in [4.78, 5) is 10.7. The molecule has 2 rings (SSSR count). The SMILES string of the molecule is COc1cccc(OC)c1Cc1ccccc1[N+](=O)[O-]. The minimum atomic E-state index is -0.378. The summed E-state index contributed by atoms with van der Waals surface area (Å²) in [6.45, 7) is 0. The number of nitro benzene ring substituents is 1. The first-order chi connectivity index (χ1) is 9.67. The Morgan fingerprint density at radius 2 is 1.60 bits per heavy atom. The number of hydrogen-bond donors (Lipinski definition) is 0. The first-order valence-electron chi connectivity index (χ1n) is 6.09. The summed E-state index contributed by atoms with van der Waals surface area (Å²) in [6, 6.07) is 12.1. The lowest BCUT2D eigenvalue weighted by atomic mass is 10.0. The number of hydrogen-bond acceptors (Lipinski definition) is 4. The van der Waals surface area contributed by atoms with Crippen LogP contribution in [-0.2, 0) is 6.42 Å². The van der Waals surface area contributed by atoms with E-state index in [9.17, 15) is 10.1 Å². The fourth-order valence-electron chi connectivity index (χ4n) is 2.13. The topological polar surface area (TPSA) is 61.6 Å². The maximum absolute atomic E-state index is 11.1. The summed E-state index contributed by atoms with van der Waals surface area (Å²) in [5, 5.41) is 11.1. The second-order valence-corrected chi connectivity index (χ2v) is 4.20. The first-order valence-corrected chi connectivity index (χ1v) is 6.09. The molecule has 0 radical (unpaired) electrons. The zero-order valence-electron chi connectivity index (χ0n) is 11.3. The van der Waals surface area contributed by atoms with E-state index in [-0.39, 0.29) is 10.6 Å². The van der Waals surface area contributed by atoms with Crippen molar-refractivity contribution in [3.8, 4) is 11.5 Å². The standard InChI is InChI=1S/C15H15NO4/c1-19-14-8-5-9-15(20-2)12(14)10-11-6-3-4-7-13(11)16(17)18/h3-9H,10H2,1-2H3. The Hall–Kier alpha value is -2.56. The first kappa shape index (κ1) is 13.9. The second-order valence-electron chi connectivity index (χ2n) is 4.20. The van der Waals surface area contributed by atoms with Gasteiger partial charge in [0.05, 0.1) is 19.1 Å². The number of nitro groups is 1. The van der Waals surface area contributed by atoms with Crippen LogP contribution in [0.4, 0.5) is 5.69 Å². The van der Waals surface area contributed by atoms with Gasteiger partial charge in [-0.1, -0.05) is 24.3 Å². The molecule has 2 aromatic rings. The Balaban J connectivity index is 2.47. The highest BCUT2D eigenvalue weighted by atomic mass is 16.6. The van der Waals surface area contributed by atoms with Crippen molar-refractivity contribution < 1.29 is 14.4 Å². The summed E-state index contributed by atoms with van der Waals surface area (Å²) in [5.74, 6) is 1.31. The molecule has 0 aromatic heterocycles. The summed E-state index contributed by atoms with van der Waals surface area (Å²) in [7, 11) is 3.13. The van der Waals surface area contributed by atoms with Crippen molar-refractivity contribution in [2.24, 2.45) is 0 Å². The van der Waals surface area contributed by atoms with Crippen molar-refractivity contribution in [1.29, 1.82) is 0 Å². The predicted molar refractivity (Wildman–Crippen MR) is 75.4 cm³/mol. The molecule has 0 amide bonds. The van der Waals surface area contributed by atoms with Crippen LogP contribution in [0.2, 0.25) is 0 Å². The van der Waals surface area contributed by atoms with Crippen molar-refractivity contribution in [2.75, 3.05) is 14.2 Å².